The summed E-state index contributed by atoms with van der Waals surface area (Å²) < 4.78 is 37.8. The largest absolute Gasteiger partial charge is 0.383 e. The SMILES string of the molecule is CCCC(C)Nc1ccc(F)c(NS(C)(=O)=O)c1. The zero-order valence-corrected chi connectivity index (χ0v) is 11.6. The van der Waals surface area contributed by atoms with Gasteiger partial charge in [-0.05, 0) is 31.5 Å². The first kappa shape index (κ1) is 14.8. The minimum absolute atomic E-state index is 0.0359. The van der Waals surface area contributed by atoms with E-state index in [1.807, 2.05) is 6.92 Å². The maximum Gasteiger partial charge on any atom is 0.229 e. The third-order valence-electron chi connectivity index (χ3n) is 2.40. The monoisotopic (exact) mass is 274 g/mol. The highest BCUT2D eigenvalue weighted by Crippen LogP contribution is 2.21. The normalized spacial score (nSPS) is 13.1. The molecular weight excluding hydrogens is 255 g/mol. The van der Waals surface area contributed by atoms with Crippen LogP contribution in [0.15, 0.2) is 18.2 Å². The van der Waals surface area contributed by atoms with Crippen LogP contribution in [-0.2, 0) is 10.0 Å². The van der Waals surface area contributed by atoms with Gasteiger partial charge in [0.15, 0.2) is 0 Å². The number of halogens is 1. The number of benzene rings is 1. The molecular formula is C12H19FN2O2S. The van der Waals surface area contributed by atoms with Gasteiger partial charge in [-0.3, -0.25) is 4.72 Å². The molecule has 0 bridgehead atoms. The highest BCUT2D eigenvalue weighted by Gasteiger charge is 2.09. The summed E-state index contributed by atoms with van der Waals surface area (Å²) in [5.74, 6) is -0.589. The Balaban J connectivity index is 2.87. The summed E-state index contributed by atoms with van der Waals surface area (Å²) >= 11 is 0. The highest BCUT2D eigenvalue weighted by molar-refractivity contribution is 7.92. The van der Waals surface area contributed by atoms with Gasteiger partial charge in [-0.25, -0.2) is 12.8 Å². The van der Waals surface area contributed by atoms with Gasteiger partial charge in [0, 0.05) is 11.7 Å². The van der Waals surface area contributed by atoms with Gasteiger partial charge < -0.3 is 5.32 Å². The standard InChI is InChI=1S/C12H19FN2O2S/c1-4-5-9(2)14-10-6-7-11(13)12(8-10)15-18(3,16)17/h6-9,14-15H,4-5H2,1-3H3. The van der Waals surface area contributed by atoms with Crippen LogP contribution in [0.5, 0.6) is 0 Å². The molecule has 0 heterocycles. The number of hydrogen-bond donors (Lipinski definition) is 2. The van der Waals surface area contributed by atoms with Gasteiger partial charge in [-0.15, -0.1) is 0 Å². The average Bonchev–Trinajstić information content (AvgIpc) is 2.21. The van der Waals surface area contributed by atoms with E-state index in [1.54, 1.807) is 6.07 Å². The second-order valence-electron chi connectivity index (χ2n) is 4.40. The van der Waals surface area contributed by atoms with Crippen molar-refractivity contribution in [3.05, 3.63) is 24.0 Å². The van der Waals surface area contributed by atoms with Crippen molar-refractivity contribution >= 4 is 21.4 Å². The molecule has 1 aromatic carbocycles. The first-order chi connectivity index (χ1) is 8.31. The second-order valence-corrected chi connectivity index (χ2v) is 6.15. The Morgan fingerprint density at radius 3 is 2.61 bits per heavy atom. The number of anilines is 2. The highest BCUT2D eigenvalue weighted by atomic mass is 32.2. The summed E-state index contributed by atoms with van der Waals surface area (Å²) in [6.07, 6.45) is 3.03. The van der Waals surface area contributed by atoms with E-state index < -0.39 is 15.8 Å². The van der Waals surface area contributed by atoms with E-state index in [4.69, 9.17) is 0 Å². The number of hydrogen-bond acceptors (Lipinski definition) is 3. The lowest BCUT2D eigenvalue weighted by molar-refractivity contribution is 0.603. The van der Waals surface area contributed by atoms with Crippen LogP contribution in [-0.4, -0.2) is 20.7 Å². The van der Waals surface area contributed by atoms with Gasteiger partial charge in [-0.1, -0.05) is 13.3 Å². The van der Waals surface area contributed by atoms with E-state index in [-0.39, 0.29) is 11.7 Å². The topological polar surface area (TPSA) is 58.2 Å². The Kier molecular flexibility index (Phi) is 4.95. The van der Waals surface area contributed by atoms with Gasteiger partial charge in [0.25, 0.3) is 0 Å². The summed E-state index contributed by atoms with van der Waals surface area (Å²) in [4.78, 5) is 0. The van der Waals surface area contributed by atoms with Crippen LogP contribution in [0.3, 0.4) is 0 Å². The summed E-state index contributed by atoms with van der Waals surface area (Å²) in [6.45, 7) is 4.11. The molecule has 1 rings (SSSR count). The number of nitrogens with one attached hydrogen (secondary N) is 2. The van der Waals surface area contributed by atoms with Crippen LogP contribution < -0.4 is 10.0 Å². The fourth-order valence-electron chi connectivity index (χ4n) is 1.68. The fraction of sp³-hybridized carbons (Fsp3) is 0.500. The maximum absolute atomic E-state index is 13.4. The molecule has 18 heavy (non-hydrogen) atoms. The van der Waals surface area contributed by atoms with Crippen molar-refractivity contribution < 1.29 is 12.8 Å². The van der Waals surface area contributed by atoms with Gasteiger partial charge in [0.1, 0.15) is 5.82 Å². The van der Waals surface area contributed by atoms with E-state index in [2.05, 4.69) is 17.0 Å². The molecule has 0 fully saturated rings. The Hall–Kier alpha value is -1.30. The van der Waals surface area contributed by atoms with Crippen LogP contribution >= 0.6 is 0 Å². The lowest BCUT2D eigenvalue weighted by Crippen LogP contribution is -2.15. The first-order valence-corrected chi connectivity index (χ1v) is 7.75. The molecule has 102 valence electrons. The quantitative estimate of drug-likeness (QED) is 0.838. The van der Waals surface area contributed by atoms with Gasteiger partial charge in [0.2, 0.25) is 10.0 Å². The zero-order valence-electron chi connectivity index (χ0n) is 10.8. The summed E-state index contributed by atoms with van der Waals surface area (Å²) in [7, 11) is -3.47. The van der Waals surface area contributed by atoms with Crippen LogP contribution in [0, 0.1) is 5.82 Å². The van der Waals surface area contributed by atoms with E-state index in [1.165, 1.54) is 12.1 Å². The molecule has 0 saturated heterocycles. The van der Waals surface area contributed by atoms with Crippen molar-refractivity contribution in [3.63, 3.8) is 0 Å². The van der Waals surface area contributed by atoms with Crippen molar-refractivity contribution in [1.29, 1.82) is 0 Å². The smallest absolute Gasteiger partial charge is 0.229 e. The predicted octanol–water partition coefficient (Wildman–Crippen LogP) is 2.80. The van der Waals surface area contributed by atoms with Gasteiger partial charge in [-0.2, -0.15) is 0 Å². The summed E-state index contributed by atoms with van der Waals surface area (Å²) in [6, 6.07) is 4.55. The Morgan fingerprint density at radius 1 is 1.39 bits per heavy atom. The minimum Gasteiger partial charge on any atom is -0.383 e. The average molecular weight is 274 g/mol. The molecule has 4 nitrogen and oxygen atoms in total. The Labute approximate surface area is 108 Å². The van der Waals surface area contributed by atoms with E-state index in [0.717, 1.165) is 19.1 Å². The third kappa shape index (κ3) is 4.91. The molecule has 0 amide bonds. The molecule has 0 spiro atoms. The molecule has 1 atom stereocenters. The van der Waals surface area contributed by atoms with Crippen LogP contribution in [0.4, 0.5) is 15.8 Å². The van der Waals surface area contributed by atoms with Crippen molar-refractivity contribution in [2.24, 2.45) is 0 Å². The minimum atomic E-state index is -3.47. The number of sulfonamides is 1. The van der Waals surface area contributed by atoms with Crippen molar-refractivity contribution in [2.75, 3.05) is 16.3 Å². The van der Waals surface area contributed by atoms with E-state index in [0.29, 0.717) is 5.69 Å². The van der Waals surface area contributed by atoms with Crippen LogP contribution in [0.25, 0.3) is 0 Å². The van der Waals surface area contributed by atoms with E-state index >= 15 is 0 Å². The Morgan fingerprint density at radius 2 is 2.06 bits per heavy atom. The molecule has 0 saturated carbocycles. The third-order valence-corrected chi connectivity index (χ3v) is 2.99. The first-order valence-electron chi connectivity index (χ1n) is 5.85. The fourth-order valence-corrected chi connectivity index (χ4v) is 2.24. The van der Waals surface area contributed by atoms with Crippen molar-refractivity contribution in [2.45, 2.75) is 32.7 Å². The van der Waals surface area contributed by atoms with Crippen molar-refractivity contribution in [3.8, 4) is 0 Å². The molecule has 2 N–H and O–H groups in total. The molecule has 6 heteroatoms. The molecule has 0 aromatic heterocycles. The maximum atomic E-state index is 13.4. The Bertz CT molecular complexity index is 503. The predicted molar refractivity (Wildman–Crippen MR) is 72.9 cm³/mol. The summed E-state index contributed by atoms with van der Waals surface area (Å²) in [5.41, 5.74) is 0.662. The van der Waals surface area contributed by atoms with Crippen LogP contribution in [0.1, 0.15) is 26.7 Å². The zero-order chi connectivity index (χ0) is 13.8. The van der Waals surface area contributed by atoms with Crippen LogP contribution in [0.2, 0.25) is 0 Å². The van der Waals surface area contributed by atoms with Gasteiger partial charge in [0.05, 0.1) is 11.9 Å². The molecule has 1 aromatic rings. The molecule has 0 aliphatic carbocycles. The molecule has 0 aliphatic heterocycles. The lowest BCUT2D eigenvalue weighted by Gasteiger charge is -2.15. The van der Waals surface area contributed by atoms with Gasteiger partial charge >= 0.3 is 0 Å². The lowest BCUT2D eigenvalue weighted by atomic mass is 10.2. The van der Waals surface area contributed by atoms with Crippen molar-refractivity contribution in [1.82, 2.24) is 0 Å². The second kappa shape index (κ2) is 6.04. The van der Waals surface area contributed by atoms with E-state index in [9.17, 15) is 12.8 Å². The molecule has 1 unspecified atom stereocenters. The summed E-state index contributed by atoms with van der Waals surface area (Å²) in [5, 5.41) is 3.19. The molecule has 0 radical (unpaired) electrons. The number of rotatable bonds is 6. The molecule has 0 aliphatic rings.